The first kappa shape index (κ1) is 17.6. The molecule has 1 fully saturated rings. The summed E-state index contributed by atoms with van der Waals surface area (Å²) in [5, 5.41) is 3.57. The lowest BCUT2D eigenvalue weighted by Crippen LogP contribution is -2.48. The molecule has 2 unspecified atom stereocenters. The summed E-state index contributed by atoms with van der Waals surface area (Å²) < 4.78 is 5.50. The van der Waals surface area contributed by atoms with Crippen LogP contribution in [0, 0.1) is 17.8 Å². The van der Waals surface area contributed by atoms with E-state index >= 15 is 0 Å². The van der Waals surface area contributed by atoms with E-state index < -0.39 is 0 Å². The van der Waals surface area contributed by atoms with Crippen LogP contribution in [0.4, 0.5) is 0 Å². The lowest BCUT2D eigenvalue weighted by Gasteiger charge is -2.37. The molecule has 3 nitrogen and oxygen atoms in total. The van der Waals surface area contributed by atoms with E-state index in [4.69, 9.17) is 4.74 Å². The summed E-state index contributed by atoms with van der Waals surface area (Å²) in [5.41, 5.74) is 0. The van der Waals surface area contributed by atoms with Crippen molar-refractivity contribution in [2.75, 3.05) is 7.11 Å². The maximum absolute atomic E-state index is 11.7. The zero-order valence-corrected chi connectivity index (χ0v) is 14.1. The number of ketones is 1. The second kappa shape index (κ2) is 8.14. The smallest absolute Gasteiger partial charge is 0.146 e. The highest BCUT2D eigenvalue weighted by Crippen LogP contribution is 2.34. The summed E-state index contributed by atoms with van der Waals surface area (Å²) >= 11 is 0. The fourth-order valence-electron chi connectivity index (χ4n) is 3.54. The number of Topliss-reactive ketones (excluding diaryl/α,β-unsaturated/α-hetero) is 1. The Balaban J connectivity index is 2.57. The predicted octanol–water partition coefficient (Wildman–Crippen LogP) is 3.42. The molecule has 3 heteroatoms. The maximum atomic E-state index is 11.7. The van der Waals surface area contributed by atoms with E-state index in [9.17, 15) is 4.79 Å². The van der Waals surface area contributed by atoms with Crippen LogP contribution in [0.25, 0.3) is 0 Å². The first-order chi connectivity index (χ1) is 9.36. The van der Waals surface area contributed by atoms with Gasteiger partial charge in [0.25, 0.3) is 0 Å². The van der Waals surface area contributed by atoms with Crippen LogP contribution in [0.5, 0.6) is 0 Å². The van der Waals surface area contributed by atoms with Gasteiger partial charge in [0.2, 0.25) is 0 Å². The molecule has 0 radical (unpaired) electrons. The van der Waals surface area contributed by atoms with Crippen molar-refractivity contribution in [1.29, 1.82) is 0 Å². The van der Waals surface area contributed by atoms with E-state index in [1.165, 1.54) is 25.7 Å². The van der Waals surface area contributed by atoms with Gasteiger partial charge in [0.05, 0.1) is 12.1 Å². The molecular formula is C17H33NO2. The number of rotatable bonds is 7. The highest BCUT2D eigenvalue weighted by atomic mass is 16.5. The monoisotopic (exact) mass is 283 g/mol. The average Bonchev–Trinajstić information content (AvgIpc) is 2.42. The van der Waals surface area contributed by atoms with E-state index in [0.717, 1.165) is 0 Å². The normalized spacial score (nSPS) is 28.1. The van der Waals surface area contributed by atoms with Gasteiger partial charge >= 0.3 is 0 Å². The van der Waals surface area contributed by atoms with Crippen LogP contribution >= 0.6 is 0 Å². The standard InChI is InChI=1S/C17H33NO2/c1-11(2)17(13(4)19)18-12(3)15-8-7-9-16(10-15)14(5)20-6/h11-12,14-18H,7-10H2,1-6H3/t12?,14?,15-,16+,17-/m1/s1. The molecule has 1 aliphatic carbocycles. The molecule has 0 bridgehead atoms. The number of carbonyl (C=O) groups excluding carboxylic acids is 1. The molecule has 0 aromatic carbocycles. The summed E-state index contributed by atoms with van der Waals surface area (Å²) in [7, 11) is 1.81. The van der Waals surface area contributed by atoms with Gasteiger partial charge in [-0.25, -0.2) is 0 Å². The second-order valence-electron chi connectivity index (χ2n) is 6.92. The molecule has 1 saturated carbocycles. The molecule has 0 aliphatic heterocycles. The van der Waals surface area contributed by atoms with Gasteiger partial charge in [0, 0.05) is 13.2 Å². The lowest BCUT2D eigenvalue weighted by molar-refractivity contribution is -0.120. The van der Waals surface area contributed by atoms with Gasteiger partial charge in [-0.15, -0.1) is 0 Å². The Morgan fingerprint density at radius 2 is 1.75 bits per heavy atom. The zero-order valence-electron chi connectivity index (χ0n) is 14.1. The average molecular weight is 283 g/mol. The Kier molecular flexibility index (Phi) is 7.18. The van der Waals surface area contributed by atoms with E-state index in [1.54, 1.807) is 14.0 Å². The van der Waals surface area contributed by atoms with Crippen molar-refractivity contribution in [3.8, 4) is 0 Å². The number of methoxy groups -OCH3 is 1. The number of carbonyl (C=O) groups is 1. The van der Waals surface area contributed by atoms with E-state index in [1.807, 2.05) is 0 Å². The van der Waals surface area contributed by atoms with E-state index in [2.05, 4.69) is 33.0 Å². The number of nitrogens with one attached hydrogen (secondary N) is 1. The van der Waals surface area contributed by atoms with Gasteiger partial charge < -0.3 is 10.1 Å². The van der Waals surface area contributed by atoms with Crippen LogP contribution in [0.15, 0.2) is 0 Å². The van der Waals surface area contributed by atoms with Crippen LogP contribution in [-0.2, 0) is 9.53 Å². The van der Waals surface area contributed by atoms with E-state index in [0.29, 0.717) is 29.9 Å². The van der Waals surface area contributed by atoms with Gasteiger partial charge in [-0.05, 0) is 57.8 Å². The van der Waals surface area contributed by atoms with Gasteiger partial charge in [-0.3, -0.25) is 4.79 Å². The molecule has 0 aromatic heterocycles. The summed E-state index contributed by atoms with van der Waals surface area (Å²) in [6.07, 6.45) is 5.38. The van der Waals surface area contributed by atoms with Crippen LogP contribution in [-0.4, -0.2) is 31.1 Å². The molecule has 1 rings (SSSR count). The largest absolute Gasteiger partial charge is 0.381 e. The summed E-state index contributed by atoms with van der Waals surface area (Å²) in [4.78, 5) is 11.7. The molecule has 0 heterocycles. The Morgan fingerprint density at radius 3 is 2.25 bits per heavy atom. The molecule has 0 aromatic rings. The van der Waals surface area contributed by atoms with Gasteiger partial charge in [-0.1, -0.05) is 20.3 Å². The van der Waals surface area contributed by atoms with Crippen molar-refractivity contribution in [2.24, 2.45) is 17.8 Å². The predicted molar refractivity (Wildman–Crippen MR) is 83.8 cm³/mol. The van der Waals surface area contributed by atoms with Crippen molar-refractivity contribution >= 4 is 5.78 Å². The Labute approximate surface area is 124 Å². The van der Waals surface area contributed by atoms with Crippen LogP contribution in [0.3, 0.4) is 0 Å². The molecule has 0 spiro atoms. The third-order valence-electron chi connectivity index (χ3n) is 5.05. The Bertz CT molecular complexity index is 303. The summed E-state index contributed by atoms with van der Waals surface area (Å²) in [5.74, 6) is 1.93. The SMILES string of the molecule is COC(C)[C@H]1CCC[C@@H](C(C)N[C@@H](C(C)=O)C(C)C)C1. The van der Waals surface area contributed by atoms with Crippen LogP contribution in [0.1, 0.15) is 60.3 Å². The topological polar surface area (TPSA) is 38.3 Å². The summed E-state index contributed by atoms with van der Waals surface area (Å²) in [6.45, 7) is 10.3. The van der Waals surface area contributed by atoms with Crippen molar-refractivity contribution in [3.63, 3.8) is 0 Å². The highest BCUT2D eigenvalue weighted by molar-refractivity contribution is 5.81. The van der Waals surface area contributed by atoms with Gasteiger partial charge in [0.1, 0.15) is 5.78 Å². The van der Waals surface area contributed by atoms with Crippen LogP contribution in [0.2, 0.25) is 0 Å². The second-order valence-corrected chi connectivity index (χ2v) is 6.92. The molecule has 0 amide bonds. The fraction of sp³-hybridized carbons (Fsp3) is 0.941. The molecule has 5 atom stereocenters. The highest BCUT2D eigenvalue weighted by Gasteiger charge is 2.31. The van der Waals surface area contributed by atoms with Gasteiger partial charge in [0.15, 0.2) is 0 Å². The minimum absolute atomic E-state index is 0.00905. The molecule has 1 N–H and O–H groups in total. The third kappa shape index (κ3) is 4.85. The molecule has 1 aliphatic rings. The number of ether oxygens (including phenoxy) is 1. The number of hydrogen-bond acceptors (Lipinski definition) is 3. The molecule has 118 valence electrons. The molecular weight excluding hydrogens is 250 g/mol. The summed E-state index contributed by atoms with van der Waals surface area (Å²) in [6, 6.07) is 0.392. The van der Waals surface area contributed by atoms with Crippen molar-refractivity contribution in [3.05, 3.63) is 0 Å². The number of hydrogen-bond donors (Lipinski definition) is 1. The van der Waals surface area contributed by atoms with Crippen LogP contribution < -0.4 is 5.32 Å². The minimum atomic E-state index is -0.00905. The minimum Gasteiger partial charge on any atom is -0.381 e. The Morgan fingerprint density at radius 1 is 1.15 bits per heavy atom. The third-order valence-corrected chi connectivity index (χ3v) is 5.05. The first-order valence-corrected chi connectivity index (χ1v) is 8.16. The zero-order chi connectivity index (χ0) is 15.3. The van der Waals surface area contributed by atoms with Crippen molar-refractivity contribution in [1.82, 2.24) is 5.32 Å². The van der Waals surface area contributed by atoms with Gasteiger partial charge in [-0.2, -0.15) is 0 Å². The van der Waals surface area contributed by atoms with Crippen molar-refractivity contribution in [2.45, 2.75) is 78.5 Å². The fourth-order valence-corrected chi connectivity index (χ4v) is 3.54. The first-order valence-electron chi connectivity index (χ1n) is 8.16. The quantitative estimate of drug-likeness (QED) is 0.778. The molecule has 20 heavy (non-hydrogen) atoms. The van der Waals surface area contributed by atoms with Crippen molar-refractivity contribution < 1.29 is 9.53 Å². The lowest BCUT2D eigenvalue weighted by atomic mass is 9.76. The van der Waals surface area contributed by atoms with E-state index in [-0.39, 0.29) is 11.8 Å². The molecule has 0 saturated heterocycles. The Hall–Kier alpha value is -0.410. The maximum Gasteiger partial charge on any atom is 0.146 e.